The van der Waals surface area contributed by atoms with Crippen molar-refractivity contribution in [2.75, 3.05) is 0 Å². The summed E-state index contributed by atoms with van der Waals surface area (Å²) in [7, 11) is 0. The highest BCUT2D eigenvalue weighted by atomic mass is 16.3. The molecular formula is C16H22O. The predicted octanol–water partition coefficient (Wildman–Crippen LogP) is 4.03. The van der Waals surface area contributed by atoms with Gasteiger partial charge in [-0.15, -0.1) is 6.58 Å². The molecule has 0 radical (unpaired) electrons. The van der Waals surface area contributed by atoms with E-state index >= 15 is 0 Å². The van der Waals surface area contributed by atoms with Crippen molar-refractivity contribution in [1.82, 2.24) is 0 Å². The molecule has 1 aromatic carbocycles. The highest BCUT2D eigenvalue weighted by Crippen LogP contribution is 2.35. The van der Waals surface area contributed by atoms with Gasteiger partial charge in [0.2, 0.25) is 0 Å². The Bertz CT molecular complexity index is 364. The number of hydrogen-bond donors (Lipinski definition) is 1. The van der Waals surface area contributed by atoms with E-state index in [1.807, 2.05) is 18.2 Å². The van der Waals surface area contributed by atoms with Crippen LogP contribution in [0.2, 0.25) is 0 Å². The van der Waals surface area contributed by atoms with E-state index in [1.54, 1.807) is 0 Å². The van der Waals surface area contributed by atoms with Crippen LogP contribution in [0, 0.1) is 5.92 Å². The van der Waals surface area contributed by atoms with E-state index in [4.69, 9.17) is 0 Å². The molecule has 1 aliphatic carbocycles. The van der Waals surface area contributed by atoms with Crippen LogP contribution in [0.5, 0.6) is 0 Å². The van der Waals surface area contributed by atoms with Crippen LogP contribution in [0.4, 0.5) is 0 Å². The highest BCUT2D eigenvalue weighted by molar-refractivity contribution is 5.31. The van der Waals surface area contributed by atoms with Gasteiger partial charge in [-0.1, -0.05) is 49.6 Å². The number of rotatable bonds is 4. The number of aliphatic hydroxyl groups is 1. The summed E-state index contributed by atoms with van der Waals surface area (Å²) in [4.78, 5) is 0. The largest absolute Gasteiger partial charge is 0.388 e. The minimum atomic E-state index is -0.286. The lowest BCUT2D eigenvalue weighted by atomic mass is 9.81. The Hall–Kier alpha value is -1.08. The molecule has 1 saturated carbocycles. The minimum Gasteiger partial charge on any atom is -0.388 e. The lowest BCUT2D eigenvalue weighted by molar-refractivity contribution is 0.0842. The Labute approximate surface area is 104 Å². The standard InChI is InChI=1S/C16H22O/c1-2-8-13-9-6-7-12-15(13)16(17)14-10-4-3-5-11-14/h2,6-7,9,12,14,16-17H,1,3-5,8,10-11H2. The quantitative estimate of drug-likeness (QED) is 0.774. The van der Waals surface area contributed by atoms with Gasteiger partial charge in [-0.2, -0.15) is 0 Å². The van der Waals surface area contributed by atoms with E-state index in [1.165, 1.54) is 37.7 Å². The van der Waals surface area contributed by atoms with Crippen LogP contribution in [0.1, 0.15) is 49.3 Å². The normalized spacial score (nSPS) is 18.9. The van der Waals surface area contributed by atoms with Crippen molar-refractivity contribution in [2.45, 2.75) is 44.6 Å². The van der Waals surface area contributed by atoms with E-state index in [9.17, 15) is 5.11 Å². The molecule has 0 heterocycles. The van der Waals surface area contributed by atoms with Gasteiger partial charge in [0.1, 0.15) is 0 Å². The Morgan fingerprint density at radius 1 is 1.24 bits per heavy atom. The third-order valence-electron chi connectivity index (χ3n) is 3.83. The van der Waals surface area contributed by atoms with Crippen LogP contribution in [-0.4, -0.2) is 5.11 Å². The van der Waals surface area contributed by atoms with Crippen molar-refractivity contribution >= 4 is 0 Å². The summed E-state index contributed by atoms with van der Waals surface area (Å²) in [6.07, 6.45) is 8.68. The van der Waals surface area contributed by atoms with E-state index in [2.05, 4.69) is 18.7 Å². The van der Waals surface area contributed by atoms with Gasteiger partial charge in [0.05, 0.1) is 6.10 Å². The molecule has 1 nitrogen and oxygen atoms in total. The highest BCUT2D eigenvalue weighted by Gasteiger charge is 2.24. The molecule has 2 rings (SSSR count). The fraction of sp³-hybridized carbons (Fsp3) is 0.500. The van der Waals surface area contributed by atoms with Crippen LogP contribution >= 0.6 is 0 Å². The van der Waals surface area contributed by atoms with E-state index in [0.717, 1.165) is 12.0 Å². The van der Waals surface area contributed by atoms with E-state index in [-0.39, 0.29) is 6.10 Å². The fourth-order valence-corrected chi connectivity index (χ4v) is 2.87. The van der Waals surface area contributed by atoms with Crippen molar-refractivity contribution in [3.05, 3.63) is 48.0 Å². The van der Waals surface area contributed by atoms with Crippen molar-refractivity contribution < 1.29 is 5.11 Å². The predicted molar refractivity (Wildman–Crippen MR) is 71.9 cm³/mol. The van der Waals surface area contributed by atoms with Crippen LogP contribution in [-0.2, 0) is 6.42 Å². The first kappa shape index (κ1) is 12.4. The first-order valence-electron chi connectivity index (χ1n) is 6.69. The van der Waals surface area contributed by atoms with E-state index in [0.29, 0.717) is 5.92 Å². The maximum absolute atomic E-state index is 10.5. The van der Waals surface area contributed by atoms with Gasteiger partial charge in [-0.3, -0.25) is 0 Å². The van der Waals surface area contributed by atoms with Crippen LogP contribution in [0.3, 0.4) is 0 Å². The monoisotopic (exact) mass is 230 g/mol. The van der Waals surface area contributed by atoms with Crippen LogP contribution in [0.25, 0.3) is 0 Å². The zero-order valence-corrected chi connectivity index (χ0v) is 10.4. The molecule has 0 amide bonds. The number of benzene rings is 1. The van der Waals surface area contributed by atoms with Gasteiger partial charge in [0, 0.05) is 0 Å². The number of aliphatic hydroxyl groups excluding tert-OH is 1. The lowest BCUT2D eigenvalue weighted by Gasteiger charge is -2.28. The second-order valence-electron chi connectivity index (χ2n) is 5.03. The van der Waals surface area contributed by atoms with Crippen LogP contribution in [0.15, 0.2) is 36.9 Å². The maximum Gasteiger partial charge on any atom is 0.0820 e. The molecule has 1 unspecified atom stereocenters. The molecule has 17 heavy (non-hydrogen) atoms. The van der Waals surface area contributed by atoms with Gasteiger partial charge in [-0.05, 0) is 36.3 Å². The Kier molecular flexibility index (Phi) is 4.38. The summed E-state index contributed by atoms with van der Waals surface area (Å²) >= 11 is 0. The second-order valence-corrected chi connectivity index (χ2v) is 5.03. The maximum atomic E-state index is 10.5. The van der Waals surface area contributed by atoms with Gasteiger partial charge in [0.25, 0.3) is 0 Å². The topological polar surface area (TPSA) is 20.2 Å². The van der Waals surface area contributed by atoms with Crippen molar-refractivity contribution in [1.29, 1.82) is 0 Å². The molecular weight excluding hydrogens is 208 g/mol. The first-order valence-corrected chi connectivity index (χ1v) is 6.69. The zero-order valence-electron chi connectivity index (χ0n) is 10.4. The van der Waals surface area contributed by atoms with Crippen molar-refractivity contribution in [3.63, 3.8) is 0 Å². The summed E-state index contributed by atoms with van der Waals surface area (Å²) in [6, 6.07) is 8.23. The molecule has 1 fully saturated rings. The summed E-state index contributed by atoms with van der Waals surface area (Å²) in [5.74, 6) is 0.453. The molecule has 0 aromatic heterocycles. The summed E-state index contributed by atoms with van der Waals surface area (Å²) < 4.78 is 0. The molecule has 0 bridgehead atoms. The molecule has 1 atom stereocenters. The molecule has 1 heteroatoms. The minimum absolute atomic E-state index is 0.286. The Morgan fingerprint density at radius 3 is 2.65 bits per heavy atom. The number of allylic oxidation sites excluding steroid dienone is 1. The SMILES string of the molecule is C=CCc1ccccc1C(O)C1CCCCC1. The van der Waals surface area contributed by atoms with Gasteiger partial charge in [0.15, 0.2) is 0 Å². The molecule has 1 N–H and O–H groups in total. The number of hydrogen-bond acceptors (Lipinski definition) is 1. The van der Waals surface area contributed by atoms with Crippen LogP contribution < -0.4 is 0 Å². The molecule has 1 aliphatic rings. The molecule has 0 aliphatic heterocycles. The molecule has 1 aromatic rings. The van der Waals surface area contributed by atoms with Gasteiger partial charge >= 0.3 is 0 Å². The Morgan fingerprint density at radius 2 is 1.94 bits per heavy atom. The summed E-state index contributed by atoms with van der Waals surface area (Å²) in [6.45, 7) is 3.79. The lowest BCUT2D eigenvalue weighted by Crippen LogP contribution is -2.17. The van der Waals surface area contributed by atoms with Crippen molar-refractivity contribution in [2.24, 2.45) is 5.92 Å². The second kappa shape index (κ2) is 6.02. The summed E-state index contributed by atoms with van der Waals surface area (Å²) in [5, 5.41) is 10.5. The zero-order chi connectivity index (χ0) is 12.1. The summed E-state index contributed by atoms with van der Waals surface area (Å²) in [5.41, 5.74) is 2.33. The van der Waals surface area contributed by atoms with Gasteiger partial charge in [-0.25, -0.2) is 0 Å². The first-order chi connectivity index (χ1) is 8.33. The average molecular weight is 230 g/mol. The third kappa shape index (κ3) is 2.98. The fourth-order valence-electron chi connectivity index (χ4n) is 2.87. The molecule has 0 saturated heterocycles. The molecule has 92 valence electrons. The van der Waals surface area contributed by atoms with Crippen molar-refractivity contribution in [3.8, 4) is 0 Å². The Balaban J connectivity index is 2.16. The van der Waals surface area contributed by atoms with Gasteiger partial charge < -0.3 is 5.11 Å². The third-order valence-corrected chi connectivity index (χ3v) is 3.83. The molecule has 0 spiro atoms. The van der Waals surface area contributed by atoms with E-state index < -0.39 is 0 Å². The average Bonchev–Trinajstić information content (AvgIpc) is 2.40. The smallest absolute Gasteiger partial charge is 0.0820 e.